The van der Waals surface area contributed by atoms with Gasteiger partial charge in [0.2, 0.25) is 0 Å². The molecule has 0 amide bonds. The number of pyridine rings is 1. The lowest BCUT2D eigenvalue weighted by molar-refractivity contribution is 0.763. The molecule has 1 heterocycles. The topological polar surface area (TPSA) is 28.2 Å². The third-order valence-electron chi connectivity index (χ3n) is 2.23. The van der Waals surface area contributed by atoms with Gasteiger partial charge in [-0.05, 0) is 25.5 Å². The van der Waals surface area contributed by atoms with Gasteiger partial charge in [-0.2, -0.15) is 0 Å². The van der Waals surface area contributed by atoms with Crippen molar-refractivity contribution in [2.75, 3.05) is 24.3 Å². The van der Waals surface area contributed by atoms with Gasteiger partial charge in [0.15, 0.2) is 0 Å². The number of nitrogens with zero attached hydrogens (tertiary/aromatic N) is 2. The van der Waals surface area contributed by atoms with Gasteiger partial charge in [-0.1, -0.05) is 6.92 Å². The Morgan fingerprint density at radius 2 is 2.14 bits per heavy atom. The minimum atomic E-state index is 0.502. The molecular weight excluding hydrogens is 174 g/mol. The lowest BCUT2D eigenvalue weighted by Gasteiger charge is -2.14. The van der Waals surface area contributed by atoms with Crippen LogP contribution < -0.4 is 10.2 Å². The highest BCUT2D eigenvalue weighted by atomic mass is 15.1. The quantitative estimate of drug-likeness (QED) is 0.795. The fraction of sp³-hybridized carbons (Fsp3) is 0.545. The zero-order valence-electron chi connectivity index (χ0n) is 9.41. The predicted molar refractivity (Wildman–Crippen MR) is 61.9 cm³/mol. The Kier molecular flexibility index (Phi) is 3.74. The van der Waals surface area contributed by atoms with E-state index in [9.17, 15) is 0 Å². The summed E-state index contributed by atoms with van der Waals surface area (Å²) in [5, 5.41) is 3.38. The highest BCUT2D eigenvalue weighted by Gasteiger charge is 2.00. The van der Waals surface area contributed by atoms with Crippen LogP contribution in [0.4, 0.5) is 11.5 Å². The van der Waals surface area contributed by atoms with Gasteiger partial charge in [-0.15, -0.1) is 0 Å². The molecule has 1 aromatic rings. The van der Waals surface area contributed by atoms with Crippen molar-refractivity contribution in [1.82, 2.24) is 4.98 Å². The molecular formula is C11H19N3. The number of nitrogens with one attached hydrogen (secondary N) is 1. The average Bonchev–Trinajstić information content (AvgIpc) is 2.18. The first-order chi connectivity index (χ1) is 6.63. The van der Waals surface area contributed by atoms with Gasteiger partial charge in [-0.25, -0.2) is 4.98 Å². The number of aromatic nitrogens is 1. The summed E-state index contributed by atoms with van der Waals surface area (Å²) in [7, 11) is 3.98. The number of hydrogen-bond acceptors (Lipinski definition) is 3. The van der Waals surface area contributed by atoms with Gasteiger partial charge in [0.25, 0.3) is 0 Å². The molecule has 1 atom stereocenters. The maximum atomic E-state index is 4.33. The predicted octanol–water partition coefficient (Wildman–Crippen LogP) is 2.36. The third-order valence-corrected chi connectivity index (χ3v) is 2.23. The second kappa shape index (κ2) is 4.84. The van der Waals surface area contributed by atoms with Crippen LogP contribution in [0.25, 0.3) is 0 Å². The Balaban J connectivity index is 2.64. The molecule has 3 heteroatoms. The van der Waals surface area contributed by atoms with E-state index in [2.05, 4.69) is 30.2 Å². The van der Waals surface area contributed by atoms with Crippen molar-refractivity contribution in [3.63, 3.8) is 0 Å². The van der Waals surface area contributed by atoms with E-state index >= 15 is 0 Å². The number of rotatable bonds is 4. The van der Waals surface area contributed by atoms with E-state index in [-0.39, 0.29) is 0 Å². The Labute approximate surface area is 86.2 Å². The van der Waals surface area contributed by atoms with Gasteiger partial charge < -0.3 is 10.2 Å². The minimum absolute atomic E-state index is 0.502. The van der Waals surface area contributed by atoms with Crippen LogP contribution in [-0.2, 0) is 0 Å². The Morgan fingerprint density at radius 1 is 1.43 bits per heavy atom. The fourth-order valence-electron chi connectivity index (χ4n) is 1.12. The molecule has 78 valence electrons. The number of hydrogen-bond donors (Lipinski definition) is 1. The van der Waals surface area contributed by atoms with Crippen LogP contribution in [-0.4, -0.2) is 25.1 Å². The summed E-state index contributed by atoms with van der Waals surface area (Å²) in [4.78, 5) is 6.32. The SMILES string of the molecule is CCC(C)Nc1ccc(N(C)C)nc1. The van der Waals surface area contributed by atoms with E-state index in [1.807, 2.05) is 31.3 Å². The maximum Gasteiger partial charge on any atom is 0.128 e. The molecule has 3 nitrogen and oxygen atoms in total. The largest absolute Gasteiger partial charge is 0.381 e. The molecule has 0 spiro atoms. The van der Waals surface area contributed by atoms with Crippen molar-refractivity contribution in [2.24, 2.45) is 0 Å². The van der Waals surface area contributed by atoms with Crippen molar-refractivity contribution >= 4 is 11.5 Å². The van der Waals surface area contributed by atoms with Crippen molar-refractivity contribution in [1.29, 1.82) is 0 Å². The third kappa shape index (κ3) is 2.91. The number of anilines is 2. The molecule has 0 aliphatic carbocycles. The summed E-state index contributed by atoms with van der Waals surface area (Å²) in [5.74, 6) is 0.986. The van der Waals surface area contributed by atoms with E-state index in [1.54, 1.807) is 0 Å². The maximum absolute atomic E-state index is 4.33. The van der Waals surface area contributed by atoms with Gasteiger partial charge in [0.1, 0.15) is 5.82 Å². The van der Waals surface area contributed by atoms with Gasteiger partial charge in [0.05, 0.1) is 11.9 Å². The summed E-state index contributed by atoms with van der Waals surface area (Å²) in [5.41, 5.74) is 1.09. The highest BCUT2D eigenvalue weighted by molar-refractivity contribution is 5.48. The standard InChI is InChI=1S/C11H19N3/c1-5-9(2)13-10-6-7-11(12-8-10)14(3)4/h6-9,13H,5H2,1-4H3. The van der Waals surface area contributed by atoms with Crippen LogP contribution >= 0.6 is 0 Å². The molecule has 0 aliphatic rings. The zero-order chi connectivity index (χ0) is 10.6. The molecule has 0 saturated heterocycles. The van der Waals surface area contributed by atoms with E-state index in [0.717, 1.165) is 17.9 Å². The van der Waals surface area contributed by atoms with Crippen molar-refractivity contribution in [3.05, 3.63) is 18.3 Å². The van der Waals surface area contributed by atoms with E-state index in [0.29, 0.717) is 6.04 Å². The fourth-order valence-corrected chi connectivity index (χ4v) is 1.12. The lowest BCUT2D eigenvalue weighted by atomic mass is 10.2. The zero-order valence-corrected chi connectivity index (χ0v) is 9.41. The van der Waals surface area contributed by atoms with Gasteiger partial charge in [-0.3, -0.25) is 0 Å². The first-order valence-corrected chi connectivity index (χ1v) is 5.03. The minimum Gasteiger partial charge on any atom is -0.381 e. The monoisotopic (exact) mass is 193 g/mol. The van der Waals surface area contributed by atoms with Crippen LogP contribution in [0.15, 0.2) is 18.3 Å². The Hall–Kier alpha value is -1.25. The molecule has 0 aromatic carbocycles. The summed E-state index contributed by atoms with van der Waals surface area (Å²) >= 11 is 0. The molecule has 1 unspecified atom stereocenters. The molecule has 0 saturated carbocycles. The van der Waals surface area contributed by atoms with Crippen LogP contribution in [0.3, 0.4) is 0 Å². The second-order valence-corrected chi connectivity index (χ2v) is 3.75. The van der Waals surface area contributed by atoms with Gasteiger partial charge in [0, 0.05) is 20.1 Å². The molecule has 1 rings (SSSR count). The Bertz CT molecular complexity index is 266. The Morgan fingerprint density at radius 3 is 2.57 bits per heavy atom. The average molecular weight is 193 g/mol. The van der Waals surface area contributed by atoms with Crippen LogP contribution in [0.2, 0.25) is 0 Å². The van der Waals surface area contributed by atoms with Gasteiger partial charge >= 0.3 is 0 Å². The van der Waals surface area contributed by atoms with Crippen LogP contribution in [0.5, 0.6) is 0 Å². The lowest BCUT2D eigenvalue weighted by Crippen LogP contribution is -2.14. The second-order valence-electron chi connectivity index (χ2n) is 3.75. The van der Waals surface area contributed by atoms with Crippen molar-refractivity contribution in [3.8, 4) is 0 Å². The molecule has 0 bridgehead atoms. The molecule has 0 fully saturated rings. The van der Waals surface area contributed by atoms with Crippen LogP contribution in [0.1, 0.15) is 20.3 Å². The summed E-state index contributed by atoms with van der Waals surface area (Å²) < 4.78 is 0. The van der Waals surface area contributed by atoms with Crippen LogP contribution in [0, 0.1) is 0 Å². The summed E-state index contributed by atoms with van der Waals surface area (Å²) in [6.45, 7) is 4.33. The summed E-state index contributed by atoms with van der Waals surface area (Å²) in [6, 6.07) is 4.58. The van der Waals surface area contributed by atoms with E-state index in [1.165, 1.54) is 0 Å². The highest BCUT2D eigenvalue weighted by Crippen LogP contribution is 2.12. The van der Waals surface area contributed by atoms with Crippen molar-refractivity contribution in [2.45, 2.75) is 26.3 Å². The molecule has 0 radical (unpaired) electrons. The van der Waals surface area contributed by atoms with E-state index < -0.39 is 0 Å². The molecule has 1 aromatic heterocycles. The smallest absolute Gasteiger partial charge is 0.128 e. The summed E-state index contributed by atoms with van der Waals surface area (Å²) in [6.07, 6.45) is 3.00. The first kappa shape index (κ1) is 10.8. The molecule has 1 N–H and O–H groups in total. The molecule has 0 aliphatic heterocycles. The first-order valence-electron chi connectivity index (χ1n) is 5.03. The molecule has 14 heavy (non-hydrogen) atoms. The van der Waals surface area contributed by atoms with Crippen molar-refractivity contribution < 1.29 is 0 Å². The normalized spacial score (nSPS) is 12.3. The van der Waals surface area contributed by atoms with E-state index in [4.69, 9.17) is 0 Å².